The molecule has 1 aromatic heterocycles. The number of nitrogens with zero attached hydrogens (tertiary/aromatic N) is 3. The van der Waals surface area contributed by atoms with Gasteiger partial charge in [0.1, 0.15) is 11.1 Å². The highest BCUT2D eigenvalue weighted by Gasteiger charge is 2.13. The fourth-order valence-corrected chi connectivity index (χ4v) is 3.57. The second-order valence-corrected chi connectivity index (χ2v) is 7.66. The van der Waals surface area contributed by atoms with Gasteiger partial charge in [-0.15, -0.1) is 11.3 Å². The van der Waals surface area contributed by atoms with E-state index in [0.29, 0.717) is 25.2 Å². The summed E-state index contributed by atoms with van der Waals surface area (Å²) >= 11 is 1.60. The second-order valence-electron chi connectivity index (χ2n) is 6.77. The molecular weight excluding hydrogens is 386 g/mol. The van der Waals surface area contributed by atoms with Gasteiger partial charge < -0.3 is 20.3 Å². The molecule has 0 aliphatic rings. The summed E-state index contributed by atoms with van der Waals surface area (Å²) in [5, 5.41) is 9.27. The maximum absolute atomic E-state index is 12.2. The van der Waals surface area contributed by atoms with Gasteiger partial charge in [-0.25, -0.2) is 4.98 Å². The maximum Gasteiger partial charge on any atom is 0.251 e. The maximum atomic E-state index is 12.2. The Morgan fingerprint density at radius 1 is 1.38 bits per heavy atom. The molecule has 1 aromatic carbocycles. The summed E-state index contributed by atoms with van der Waals surface area (Å²) < 4.78 is 5.33. The Hall–Kier alpha value is -2.45. The average Bonchev–Trinajstić information content (AvgIpc) is 3.20. The average molecular weight is 418 g/mol. The smallest absolute Gasteiger partial charge is 0.251 e. The van der Waals surface area contributed by atoms with Gasteiger partial charge in [0, 0.05) is 45.2 Å². The number of guanidine groups is 1. The summed E-state index contributed by atoms with van der Waals surface area (Å²) in [5.41, 5.74) is 2.67. The standard InChI is InChI=1S/C21H31N5O2S/c1-6-10-23-19(27)17-9-7-8-16(11-17)12-24-21(22-3)26(4)13-18-14-29-20(25-18)15(2)28-5/h7-9,11,14-15H,6,10,12-13H2,1-5H3,(H,22,24)(H,23,27). The number of rotatable bonds is 9. The molecule has 1 unspecified atom stereocenters. The van der Waals surface area contributed by atoms with Crippen LogP contribution >= 0.6 is 11.3 Å². The molecule has 0 spiro atoms. The fourth-order valence-electron chi connectivity index (χ4n) is 2.73. The van der Waals surface area contributed by atoms with E-state index in [0.717, 1.165) is 28.6 Å². The number of benzene rings is 1. The zero-order valence-electron chi connectivity index (χ0n) is 17.9. The van der Waals surface area contributed by atoms with E-state index in [9.17, 15) is 4.79 Å². The Bertz CT molecular complexity index is 821. The summed E-state index contributed by atoms with van der Waals surface area (Å²) in [7, 11) is 5.42. The summed E-state index contributed by atoms with van der Waals surface area (Å²) in [5.74, 6) is 0.722. The molecule has 2 aromatic rings. The number of hydrogen-bond acceptors (Lipinski definition) is 5. The van der Waals surface area contributed by atoms with Gasteiger partial charge >= 0.3 is 0 Å². The first-order valence-electron chi connectivity index (χ1n) is 9.74. The van der Waals surface area contributed by atoms with Crippen LogP contribution in [0.25, 0.3) is 0 Å². The second kappa shape index (κ2) is 11.5. The number of hydrogen-bond donors (Lipinski definition) is 2. The molecule has 0 saturated carbocycles. The van der Waals surface area contributed by atoms with E-state index < -0.39 is 0 Å². The SMILES string of the molecule is CCCNC(=O)c1cccc(CNC(=NC)N(C)Cc2csc(C(C)OC)n2)c1. The van der Waals surface area contributed by atoms with Crippen LogP contribution in [-0.2, 0) is 17.8 Å². The zero-order valence-corrected chi connectivity index (χ0v) is 18.7. The molecular formula is C21H31N5O2S. The van der Waals surface area contributed by atoms with Crippen molar-refractivity contribution in [2.75, 3.05) is 27.7 Å². The highest BCUT2D eigenvalue weighted by atomic mass is 32.1. The van der Waals surface area contributed by atoms with E-state index in [4.69, 9.17) is 4.74 Å². The number of amides is 1. The van der Waals surface area contributed by atoms with Crippen molar-refractivity contribution in [1.82, 2.24) is 20.5 Å². The molecule has 158 valence electrons. The zero-order chi connectivity index (χ0) is 21.2. The van der Waals surface area contributed by atoms with Crippen molar-refractivity contribution in [3.8, 4) is 0 Å². The molecule has 0 bridgehead atoms. The number of aliphatic imine (C=N–C) groups is 1. The summed E-state index contributed by atoms with van der Waals surface area (Å²) in [6.45, 7) is 5.93. The minimum atomic E-state index is -0.0418. The molecule has 2 rings (SSSR count). The van der Waals surface area contributed by atoms with Gasteiger partial charge in [0.2, 0.25) is 0 Å². The van der Waals surface area contributed by atoms with E-state index in [2.05, 4.69) is 20.6 Å². The van der Waals surface area contributed by atoms with Gasteiger partial charge in [0.25, 0.3) is 5.91 Å². The summed E-state index contributed by atoms with van der Waals surface area (Å²) in [6.07, 6.45) is 0.916. The van der Waals surface area contributed by atoms with E-state index in [1.165, 1.54) is 0 Å². The van der Waals surface area contributed by atoms with E-state index >= 15 is 0 Å². The van der Waals surface area contributed by atoms with Crippen molar-refractivity contribution in [3.05, 3.63) is 51.5 Å². The van der Waals surface area contributed by atoms with Crippen LogP contribution < -0.4 is 10.6 Å². The molecule has 0 fully saturated rings. The van der Waals surface area contributed by atoms with Crippen LogP contribution in [0.3, 0.4) is 0 Å². The van der Waals surface area contributed by atoms with Crippen molar-refractivity contribution in [3.63, 3.8) is 0 Å². The number of ether oxygens (including phenoxy) is 1. The molecule has 7 nitrogen and oxygen atoms in total. The lowest BCUT2D eigenvalue weighted by Crippen LogP contribution is -2.38. The number of carbonyl (C=O) groups excluding carboxylic acids is 1. The van der Waals surface area contributed by atoms with Gasteiger partial charge in [-0.1, -0.05) is 19.1 Å². The van der Waals surface area contributed by atoms with Crippen LogP contribution in [-0.4, -0.2) is 49.5 Å². The van der Waals surface area contributed by atoms with Gasteiger partial charge in [-0.05, 0) is 31.0 Å². The quantitative estimate of drug-likeness (QED) is 0.484. The van der Waals surface area contributed by atoms with E-state index in [1.54, 1.807) is 25.5 Å². The minimum Gasteiger partial charge on any atom is -0.375 e. The lowest BCUT2D eigenvalue weighted by Gasteiger charge is -2.21. The van der Waals surface area contributed by atoms with Crippen LogP contribution in [0.1, 0.15) is 53.0 Å². The molecule has 0 aliphatic carbocycles. The lowest BCUT2D eigenvalue weighted by molar-refractivity contribution is 0.0953. The Morgan fingerprint density at radius 3 is 2.86 bits per heavy atom. The van der Waals surface area contributed by atoms with Crippen LogP contribution in [0.5, 0.6) is 0 Å². The highest BCUT2D eigenvalue weighted by Crippen LogP contribution is 2.20. The molecule has 0 saturated heterocycles. The summed E-state index contributed by atoms with van der Waals surface area (Å²) in [4.78, 5) is 23.2. The van der Waals surface area contributed by atoms with Crippen LogP contribution in [0.4, 0.5) is 0 Å². The molecule has 0 radical (unpaired) electrons. The van der Waals surface area contributed by atoms with Crippen molar-refractivity contribution in [2.24, 2.45) is 4.99 Å². The van der Waals surface area contributed by atoms with Gasteiger partial charge in [-0.2, -0.15) is 0 Å². The third-order valence-corrected chi connectivity index (χ3v) is 5.47. The van der Waals surface area contributed by atoms with Crippen molar-refractivity contribution < 1.29 is 9.53 Å². The Morgan fingerprint density at radius 2 is 2.17 bits per heavy atom. The molecule has 1 amide bonds. The normalized spacial score (nSPS) is 12.5. The Labute approximate surface area is 177 Å². The Balaban J connectivity index is 1.94. The van der Waals surface area contributed by atoms with Gasteiger partial charge in [0.15, 0.2) is 5.96 Å². The largest absolute Gasteiger partial charge is 0.375 e. The van der Waals surface area contributed by atoms with Crippen molar-refractivity contribution in [2.45, 2.75) is 39.5 Å². The lowest BCUT2D eigenvalue weighted by atomic mass is 10.1. The van der Waals surface area contributed by atoms with Crippen LogP contribution in [0, 0.1) is 0 Å². The van der Waals surface area contributed by atoms with Gasteiger partial charge in [-0.3, -0.25) is 9.79 Å². The predicted molar refractivity (Wildman–Crippen MR) is 118 cm³/mol. The van der Waals surface area contributed by atoms with Gasteiger partial charge in [0.05, 0.1) is 12.2 Å². The number of nitrogens with one attached hydrogen (secondary N) is 2. The van der Waals surface area contributed by atoms with Crippen molar-refractivity contribution >= 4 is 23.2 Å². The van der Waals surface area contributed by atoms with Crippen LogP contribution in [0.2, 0.25) is 0 Å². The monoisotopic (exact) mass is 417 g/mol. The fraction of sp³-hybridized carbons (Fsp3) is 0.476. The molecule has 0 aliphatic heterocycles. The number of aromatic nitrogens is 1. The number of thiazole rings is 1. The molecule has 1 atom stereocenters. The highest BCUT2D eigenvalue weighted by molar-refractivity contribution is 7.09. The third kappa shape index (κ3) is 6.83. The molecule has 2 N–H and O–H groups in total. The Kier molecular flexibility index (Phi) is 9.08. The first-order valence-corrected chi connectivity index (χ1v) is 10.6. The number of carbonyl (C=O) groups is 1. The minimum absolute atomic E-state index is 0.00158. The topological polar surface area (TPSA) is 78.9 Å². The molecule has 29 heavy (non-hydrogen) atoms. The van der Waals surface area contributed by atoms with Crippen molar-refractivity contribution in [1.29, 1.82) is 0 Å². The summed E-state index contributed by atoms with van der Waals surface area (Å²) in [6, 6.07) is 7.63. The first-order chi connectivity index (χ1) is 14.0. The predicted octanol–water partition coefficient (Wildman–Crippen LogP) is 3.20. The van der Waals surface area contributed by atoms with Crippen LogP contribution in [0.15, 0.2) is 34.6 Å². The third-order valence-electron chi connectivity index (χ3n) is 4.42. The van der Waals surface area contributed by atoms with E-state index in [1.807, 2.05) is 55.4 Å². The molecule has 8 heteroatoms. The molecule has 1 heterocycles. The van der Waals surface area contributed by atoms with E-state index in [-0.39, 0.29) is 12.0 Å². The number of methoxy groups -OCH3 is 1. The first kappa shape index (κ1) is 22.8.